The second kappa shape index (κ2) is 5.76. The van der Waals surface area contributed by atoms with Crippen molar-refractivity contribution in [3.8, 4) is 0 Å². The van der Waals surface area contributed by atoms with E-state index in [1.807, 2.05) is 42.5 Å². The van der Waals surface area contributed by atoms with E-state index in [4.69, 9.17) is 5.73 Å². The quantitative estimate of drug-likeness (QED) is 0.639. The summed E-state index contributed by atoms with van der Waals surface area (Å²) in [5, 5.41) is 12.4. The standard InChI is InChI=1S/C11H11N5S/c12-10-14-16-11(17-10)15-13-8-4-7-9-5-2-1-3-6-9/h1-8H,(H2,12,14)(H,15,16)/b7-4+,13-8+. The van der Waals surface area contributed by atoms with Crippen molar-refractivity contribution >= 4 is 33.9 Å². The van der Waals surface area contributed by atoms with Crippen LogP contribution in [0.2, 0.25) is 0 Å². The van der Waals surface area contributed by atoms with Gasteiger partial charge in [0.15, 0.2) is 0 Å². The molecule has 0 spiro atoms. The summed E-state index contributed by atoms with van der Waals surface area (Å²) >= 11 is 1.25. The smallest absolute Gasteiger partial charge is 0.227 e. The molecule has 1 heterocycles. The van der Waals surface area contributed by atoms with E-state index in [0.717, 1.165) is 5.56 Å². The van der Waals surface area contributed by atoms with Crippen molar-refractivity contribution in [2.24, 2.45) is 5.10 Å². The van der Waals surface area contributed by atoms with Crippen LogP contribution in [-0.2, 0) is 0 Å². The molecule has 0 fully saturated rings. The summed E-state index contributed by atoms with van der Waals surface area (Å²) in [6.07, 6.45) is 5.44. The Balaban J connectivity index is 1.84. The third-order valence-corrected chi connectivity index (χ3v) is 2.51. The topological polar surface area (TPSA) is 76.2 Å². The Kier molecular flexibility index (Phi) is 3.82. The van der Waals surface area contributed by atoms with E-state index in [0.29, 0.717) is 10.3 Å². The molecule has 0 aliphatic rings. The fourth-order valence-corrected chi connectivity index (χ4v) is 1.59. The van der Waals surface area contributed by atoms with E-state index in [9.17, 15) is 0 Å². The molecule has 0 saturated carbocycles. The summed E-state index contributed by atoms with van der Waals surface area (Å²) in [6.45, 7) is 0. The number of nitrogen functional groups attached to an aromatic ring is 1. The fourth-order valence-electron chi connectivity index (χ4n) is 1.13. The van der Waals surface area contributed by atoms with Gasteiger partial charge < -0.3 is 5.73 Å². The maximum absolute atomic E-state index is 5.42. The van der Waals surface area contributed by atoms with Gasteiger partial charge in [0, 0.05) is 6.21 Å². The number of benzene rings is 1. The van der Waals surface area contributed by atoms with E-state index in [1.165, 1.54) is 11.3 Å². The molecule has 0 saturated heterocycles. The van der Waals surface area contributed by atoms with Crippen LogP contribution >= 0.6 is 11.3 Å². The minimum absolute atomic E-state index is 0.419. The Bertz CT molecular complexity index is 518. The number of rotatable bonds is 4. The van der Waals surface area contributed by atoms with Crippen LogP contribution < -0.4 is 11.2 Å². The fraction of sp³-hybridized carbons (Fsp3) is 0. The summed E-state index contributed by atoms with van der Waals surface area (Å²) in [4.78, 5) is 0. The molecule has 2 aromatic rings. The molecule has 3 N–H and O–H groups in total. The lowest BCUT2D eigenvalue weighted by atomic mass is 10.2. The minimum Gasteiger partial charge on any atom is -0.374 e. The number of nitrogens with one attached hydrogen (secondary N) is 1. The van der Waals surface area contributed by atoms with Crippen LogP contribution in [0.3, 0.4) is 0 Å². The van der Waals surface area contributed by atoms with Crippen molar-refractivity contribution in [1.82, 2.24) is 10.2 Å². The second-order valence-electron chi connectivity index (χ2n) is 3.11. The average molecular weight is 245 g/mol. The molecule has 0 bridgehead atoms. The zero-order chi connectivity index (χ0) is 11.9. The molecule has 1 aromatic carbocycles. The van der Waals surface area contributed by atoms with Crippen molar-refractivity contribution in [2.75, 3.05) is 11.2 Å². The van der Waals surface area contributed by atoms with Crippen LogP contribution in [0.1, 0.15) is 5.56 Å². The Labute approximate surface area is 103 Å². The van der Waals surface area contributed by atoms with Gasteiger partial charge in [0.2, 0.25) is 10.3 Å². The van der Waals surface area contributed by atoms with E-state index >= 15 is 0 Å². The maximum Gasteiger partial charge on any atom is 0.227 e. The van der Waals surface area contributed by atoms with Crippen molar-refractivity contribution in [3.63, 3.8) is 0 Å². The number of nitrogens with zero attached hydrogens (tertiary/aromatic N) is 3. The van der Waals surface area contributed by atoms with Gasteiger partial charge in [-0.15, -0.1) is 10.2 Å². The molecule has 0 unspecified atom stereocenters. The zero-order valence-corrected chi connectivity index (χ0v) is 9.76. The van der Waals surface area contributed by atoms with Crippen molar-refractivity contribution in [3.05, 3.63) is 42.0 Å². The minimum atomic E-state index is 0.419. The first kappa shape index (κ1) is 11.3. The number of allylic oxidation sites excluding steroid dienone is 1. The van der Waals surface area contributed by atoms with Gasteiger partial charge in [-0.3, -0.25) is 5.43 Å². The summed E-state index contributed by atoms with van der Waals surface area (Å²) in [5.74, 6) is 0. The lowest BCUT2D eigenvalue weighted by Gasteiger charge is -1.89. The van der Waals surface area contributed by atoms with Gasteiger partial charge in [-0.25, -0.2) is 0 Å². The molecule has 0 amide bonds. The van der Waals surface area contributed by atoms with Crippen LogP contribution in [0.5, 0.6) is 0 Å². The van der Waals surface area contributed by atoms with E-state index in [1.54, 1.807) is 6.21 Å². The lowest BCUT2D eigenvalue weighted by Crippen LogP contribution is -1.86. The molecule has 2 rings (SSSR count). The molecule has 0 aliphatic heterocycles. The van der Waals surface area contributed by atoms with Gasteiger partial charge in [-0.1, -0.05) is 47.7 Å². The molecule has 0 radical (unpaired) electrons. The summed E-state index contributed by atoms with van der Waals surface area (Å²) in [6, 6.07) is 9.98. The second-order valence-corrected chi connectivity index (χ2v) is 4.11. The van der Waals surface area contributed by atoms with Crippen LogP contribution in [0.4, 0.5) is 10.3 Å². The number of hydrogen-bond acceptors (Lipinski definition) is 6. The van der Waals surface area contributed by atoms with Gasteiger partial charge >= 0.3 is 0 Å². The predicted octanol–water partition coefficient (Wildman–Crippen LogP) is 2.23. The summed E-state index contributed by atoms with van der Waals surface area (Å²) in [7, 11) is 0. The van der Waals surface area contributed by atoms with Gasteiger partial charge in [0.05, 0.1) is 0 Å². The third kappa shape index (κ3) is 3.69. The molecule has 0 aliphatic carbocycles. The number of nitrogens with two attached hydrogens (primary N) is 1. The number of hydrazone groups is 1. The Morgan fingerprint density at radius 3 is 2.76 bits per heavy atom. The number of hydrogen-bond donors (Lipinski definition) is 2. The third-order valence-electron chi connectivity index (χ3n) is 1.85. The zero-order valence-electron chi connectivity index (χ0n) is 8.95. The van der Waals surface area contributed by atoms with Crippen LogP contribution in [0, 0.1) is 0 Å². The van der Waals surface area contributed by atoms with E-state index in [-0.39, 0.29) is 0 Å². The Morgan fingerprint density at radius 2 is 2.06 bits per heavy atom. The number of anilines is 2. The molecular weight excluding hydrogens is 234 g/mol. The highest BCUT2D eigenvalue weighted by molar-refractivity contribution is 7.18. The SMILES string of the molecule is Nc1nnc(N/N=C/C=C/c2ccccc2)s1. The van der Waals surface area contributed by atoms with Crippen LogP contribution in [-0.4, -0.2) is 16.4 Å². The van der Waals surface area contributed by atoms with Crippen LogP contribution in [0.25, 0.3) is 6.08 Å². The molecule has 5 nitrogen and oxygen atoms in total. The van der Waals surface area contributed by atoms with Gasteiger partial charge in [-0.05, 0) is 11.6 Å². The number of aromatic nitrogens is 2. The molecule has 86 valence electrons. The first-order chi connectivity index (χ1) is 8.34. The predicted molar refractivity (Wildman–Crippen MR) is 71.9 cm³/mol. The van der Waals surface area contributed by atoms with Gasteiger partial charge in [0.1, 0.15) is 0 Å². The largest absolute Gasteiger partial charge is 0.374 e. The van der Waals surface area contributed by atoms with Gasteiger partial charge in [-0.2, -0.15) is 5.10 Å². The molecule has 1 aromatic heterocycles. The Morgan fingerprint density at radius 1 is 1.24 bits per heavy atom. The first-order valence-electron chi connectivity index (χ1n) is 4.94. The molecular formula is C11H11N5S. The lowest BCUT2D eigenvalue weighted by molar-refractivity contribution is 1.09. The van der Waals surface area contributed by atoms with Gasteiger partial charge in [0.25, 0.3) is 0 Å². The first-order valence-corrected chi connectivity index (χ1v) is 5.76. The van der Waals surface area contributed by atoms with Crippen molar-refractivity contribution in [1.29, 1.82) is 0 Å². The summed E-state index contributed by atoms with van der Waals surface area (Å²) in [5.41, 5.74) is 9.28. The van der Waals surface area contributed by atoms with Crippen molar-refractivity contribution < 1.29 is 0 Å². The van der Waals surface area contributed by atoms with Crippen molar-refractivity contribution in [2.45, 2.75) is 0 Å². The van der Waals surface area contributed by atoms with E-state index in [2.05, 4.69) is 20.7 Å². The molecule has 6 heteroatoms. The molecule has 17 heavy (non-hydrogen) atoms. The highest BCUT2D eigenvalue weighted by Gasteiger charge is 1.95. The van der Waals surface area contributed by atoms with Crippen LogP contribution in [0.15, 0.2) is 41.5 Å². The summed E-state index contributed by atoms with van der Waals surface area (Å²) < 4.78 is 0. The molecule has 0 atom stereocenters. The average Bonchev–Trinajstić information content (AvgIpc) is 2.76. The highest BCUT2D eigenvalue weighted by atomic mass is 32.1. The normalized spacial score (nSPS) is 11.3. The highest BCUT2D eigenvalue weighted by Crippen LogP contribution is 2.15. The monoisotopic (exact) mass is 245 g/mol. The Hall–Kier alpha value is -2.21. The maximum atomic E-state index is 5.42. The van der Waals surface area contributed by atoms with E-state index < -0.39 is 0 Å².